The zero-order chi connectivity index (χ0) is 15.5. The van der Waals surface area contributed by atoms with Crippen molar-refractivity contribution in [2.24, 2.45) is 22.5 Å². The molecule has 1 fully saturated rings. The second-order valence-electron chi connectivity index (χ2n) is 7.83. The van der Waals surface area contributed by atoms with Crippen LogP contribution in [-0.4, -0.2) is 13.7 Å². The van der Waals surface area contributed by atoms with Crippen molar-refractivity contribution in [2.75, 3.05) is 13.7 Å². The molecule has 2 rings (SSSR count). The van der Waals surface area contributed by atoms with Crippen LogP contribution in [0.1, 0.15) is 52.0 Å². The first-order valence-corrected chi connectivity index (χ1v) is 8.22. The molecule has 0 amide bonds. The Labute approximate surface area is 130 Å². The van der Waals surface area contributed by atoms with E-state index in [9.17, 15) is 0 Å². The summed E-state index contributed by atoms with van der Waals surface area (Å²) in [6, 6.07) is 8.38. The molecule has 118 valence electrons. The Bertz CT molecular complexity index is 453. The fourth-order valence-electron chi connectivity index (χ4n) is 3.80. The molecule has 21 heavy (non-hydrogen) atoms. The largest absolute Gasteiger partial charge is 0.496 e. The number of para-hydroxylation sites is 1. The molecule has 1 aliphatic rings. The van der Waals surface area contributed by atoms with Gasteiger partial charge in [-0.1, -0.05) is 39.0 Å². The number of ether oxygens (including phenoxy) is 1. The molecule has 1 aromatic rings. The quantitative estimate of drug-likeness (QED) is 0.890. The number of hydrogen-bond acceptors (Lipinski definition) is 2. The van der Waals surface area contributed by atoms with Crippen LogP contribution in [0.4, 0.5) is 0 Å². The second-order valence-corrected chi connectivity index (χ2v) is 7.83. The average Bonchev–Trinajstić information content (AvgIpc) is 2.47. The molecule has 0 saturated heterocycles. The summed E-state index contributed by atoms with van der Waals surface area (Å²) in [5.74, 6) is 1.83. The third kappa shape index (κ3) is 3.79. The van der Waals surface area contributed by atoms with Crippen molar-refractivity contribution in [2.45, 2.75) is 52.9 Å². The van der Waals surface area contributed by atoms with Crippen LogP contribution in [0.15, 0.2) is 24.3 Å². The van der Waals surface area contributed by atoms with Crippen molar-refractivity contribution >= 4 is 0 Å². The standard InChI is InChI=1S/C19H31NO/c1-18(2,3)16-9-11-19(14-20,12-10-16)13-15-7-5-6-8-17(15)21-4/h5-8,16H,9-14,20H2,1-4H3. The molecule has 0 aliphatic heterocycles. The van der Waals surface area contributed by atoms with Crippen LogP contribution in [0, 0.1) is 16.7 Å². The highest BCUT2D eigenvalue weighted by Gasteiger charge is 2.38. The van der Waals surface area contributed by atoms with Gasteiger partial charge in [0.2, 0.25) is 0 Å². The molecule has 0 aromatic heterocycles. The molecule has 0 unspecified atom stereocenters. The van der Waals surface area contributed by atoms with Gasteiger partial charge in [0.15, 0.2) is 0 Å². The summed E-state index contributed by atoms with van der Waals surface area (Å²) in [6.45, 7) is 7.88. The lowest BCUT2D eigenvalue weighted by Crippen LogP contribution is -2.39. The third-order valence-corrected chi connectivity index (χ3v) is 5.46. The fourth-order valence-corrected chi connectivity index (χ4v) is 3.80. The predicted molar refractivity (Wildman–Crippen MR) is 89.6 cm³/mol. The van der Waals surface area contributed by atoms with Crippen LogP contribution >= 0.6 is 0 Å². The Morgan fingerprint density at radius 1 is 1.19 bits per heavy atom. The number of rotatable bonds is 4. The highest BCUT2D eigenvalue weighted by Crippen LogP contribution is 2.47. The van der Waals surface area contributed by atoms with Gasteiger partial charge in [0.05, 0.1) is 7.11 Å². The van der Waals surface area contributed by atoms with Crippen LogP contribution in [-0.2, 0) is 6.42 Å². The topological polar surface area (TPSA) is 35.2 Å². The van der Waals surface area contributed by atoms with E-state index in [2.05, 4.69) is 39.0 Å². The van der Waals surface area contributed by atoms with Crippen molar-refractivity contribution in [1.82, 2.24) is 0 Å². The van der Waals surface area contributed by atoms with Crippen molar-refractivity contribution in [3.63, 3.8) is 0 Å². The maximum atomic E-state index is 6.19. The molecule has 2 nitrogen and oxygen atoms in total. The average molecular weight is 289 g/mol. The SMILES string of the molecule is COc1ccccc1CC1(CN)CCC(C(C)(C)C)CC1. The highest BCUT2D eigenvalue weighted by atomic mass is 16.5. The van der Waals surface area contributed by atoms with Gasteiger partial charge in [-0.25, -0.2) is 0 Å². The van der Waals surface area contributed by atoms with Gasteiger partial charge in [0, 0.05) is 0 Å². The summed E-state index contributed by atoms with van der Waals surface area (Å²) in [5, 5.41) is 0. The van der Waals surface area contributed by atoms with E-state index in [0.717, 1.165) is 24.6 Å². The van der Waals surface area contributed by atoms with E-state index in [1.807, 2.05) is 6.07 Å². The summed E-state index contributed by atoms with van der Waals surface area (Å²) in [5.41, 5.74) is 8.18. The maximum Gasteiger partial charge on any atom is 0.122 e. The number of benzene rings is 1. The van der Waals surface area contributed by atoms with E-state index in [-0.39, 0.29) is 5.41 Å². The number of nitrogens with two attached hydrogens (primary N) is 1. The van der Waals surface area contributed by atoms with Gasteiger partial charge >= 0.3 is 0 Å². The smallest absolute Gasteiger partial charge is 0.122 e. The van der Waals surface area contributed by atoms with Gasteiger partial charge in [-0.2, -0.15) is 0 Å². The van der Waals surface area contributed by atoms with E-state index in [0.29, 0.717) is 5.41 Å². The molecule has 0 heterocycles. The summed E-state index contributed by atoms with van der Waals surface area (Å²) >= 11 is 0. The summed E-state index contributed by atoms with van der Waals surface area (Å²) in [4.78, 5) is 0. The Kier molecular flexibility index (Phi) is 4.98. The van der Waals surface area contributed by atoms with E-state index in [4.69, 9.17) is 10.5 Å². The van der Waals surface area contributed by atoms with Gasteiger partial charge in [0.1, 0.15) is 5.75 Å². The van der Waals surface area contributed by atoms with Crippen LogP contribution in [0.25, 0.3) is 0 Å². The fraction of sp³-hybridized carbons (Fsp3) is 0.684. The molecule has 1 aliphatic carbocycles. The van der Waals surface area contributed by atoms with E-state index >= 15 is 0 Å². The van der Waals surface area contributed by atoms with Gasteiger partial charge in [0.25, 0.3) is 0 Å². The normalized spacial score (nSPS) is 26.6. The minimum absolute atomic E-state index is 0.260. The first-order chi connectivity index (χ1) is 9.90. The van der Waals surface area contributed by atoms with E-state index in [1.165, 1.54) is 31.2 Å². The first-order valence-electron chi connectivity index (χ1n) is 8.22. The van der Waals surface area contributed by atoms with Crippen molar-refractivity contribution in [1.29, 1.82) is 0 Å². The van der Waals surface area contributed by atoms with Gasteiger partial charge < -0.3 is 10.5 Å². The van der Waals surface area contributed by atoms with Crippen LogP contribution in [0.5, 0.6) is 5.75 Å². The monoisotopic (exact) mass is 289 g/mol. The Morgan fingerprint density at radius 2 is 1.81 bits per heavy atom. The highest BCUT2D eigenvalue weighted by molar-refractivity contribution is 5.34. The summed E-state index contributed by atoms with van der Waals surface area (Å²) < 4.78 is 5.51. The van der Waals surface area contributed by atoms with Crippen LogP contribution < -0.4 is 10.5 Å². The Morgan fingerprint density at radius 3 is 2.33 bits per heavy atom. The predicted octanol–water partition coefficient (Wildman–Crippen LogP) is 4.42. The van der Waals surface area contributed by atoms with Crippen molar-refractivity contribution in [3.8, 4) is 5.75 Å². The van der Waals surface area contributed by atoms with Gasteiger partial charge in [-0.15, -0.1) is 0 Å². The zero-order valence-electron chi connectivity index (χ0n) is 14.1. The number of methoxy groups -OCH3 is 1. The van der Waals surface area contributed by atoms with Gasteiger partial charge in [-0.3, -0.25) is 0 Å². The minimum Gasteiger partial charge on any atom is -0.496 e. The molecule has 0 spiro atoms. The molecule has 2 N–H and O–H groups in total. The van der Waals surface area contributed by atoms with Crippen molar-refractivity contribution < 1.29 is 4.74 Å². The Hall–Kier alpha value is -1.02. The summed E-state index contributed by atoms with van der Waals surface area (Å²) in [7, 11) is 1.75. The van der Waals surface area contributed by atoms with E-state index in [1.54, 1.807) is 7.11 Å². The molecule has 1 aromatic carbocycles. The molecule has 1 saturated carbocycles. The second kappa shape index (κ2) is 6.39. The van der Waals surface area contributed by atoms with Crippen molar-refractivity contribution in [3.05, 3.63) is 29.8 Å². The lowest BCUT2D eigenvalue weighted by Gasteiger charge is -2.44. The zero-order valence-corrected chi connectivity index (χ0v) is 14.1. The molecule has 0 radical (unpaired) electrons. The van der Waals surface area contributed by atoms with Crippen LogP contribution in [0.3, 0.4) is 0 Å². The summed E-state index contributed by atoms with van der Waals surface area (Å²) in [6.07, 6.45) is 6.13. The minimum atomic E-state index is 0.260. The molecular weight excluding hydrogens is 258 g/mol. The molecule has 0 atom stereocenters. The number of hydrogen-bond donors (Lipinski definition) is 1. The third-order valence-electron chi connectivity index (χ3n) is 5.46. The molecule has 2 heteroatoms. The molecule has 0 bridgehead atoms. The molecular formula is C19H31NO. The maximum absolute atomic E-state index is 6.19. The van der Waals surface area contributed by atoms with E-state index < -0.39 is 0 Å². The van der Waals surface area contributed by atoms with Gasteiger partial charge in [-0.05, 0) is 67.0 Å². The first kappa shape index (κ1) is 16.4. The lowest BCUT2D eigenvalue weighted by molar-refractivity contribution is 0.0922. The van der Waals surface area contributed by atoms with Crippen LogP contribution in [0.2, 0.25) is 0 Å². The Balaban J connectivity index is 2.10. The lowest BCUT2D eigenvalue weighted by atomic mass is 9.62.